The van der Waals surface area contributed by atoms with Crippen LogP contribution in [0.3, 0.4) is 0 Å². The van der Waals surface area contributed by atoms with Gasteiger partial charge < -0.3 is 10.1 Å². The van der Waals surface area contributed by atoms with E-state index < -0.39 is 15.9 Å². The predicted molar refractivity (Wildman–Crippen MR) is 127 cm³/mol. The number of nitrogens with zero attached hydrogens (tertiary/aromatic N) is 5. The van der Waals surface area contributed by atoms with Crippen molar-refractivity contribution in [1.82, 2.24) is 19.7 Å². The molecule has 34 heavy (non-hydrogen) atoms. The molecule has 2 amide bonds. The number of hydrogen-bond acceptors (Lipinski definition) is 6. The fourth-order valence-corrected chi connectivity index (χ4v) is 6.52. The Bertz CT molecular complexity index is 1270. The average molecular weight is 486 g/mol. The second-order valence-corrected chi connectivity index (χ2v) is 11.6. The molecule has 2 atom stereocenters. The van der Waals surface area contributed by atoms with Crippen LogP contribution in [0.5, 0.6) is 5.88 Å². The normalized spacial score (nSPS) is 23.6. The molecule has 4 heterocycles. The maximum Gasteiger partial charge on any atom is 0.354 e. The minimum Gasteiger partial charge on any atom is -0.475 e. The molecule has 2 unspecified atom stereocenters. The fraction of sp³-hybridized carbons (Fsp3) is 0.609. The topological polar surface area (TPSA) is 128 Å². The molecule has 182 valence electrons. The van der Waals surface area contributed by atoms with E-state index in [1.165, 1.54) is 19.0 Å². The largest absolute Gasteiger partial charge is 0.475 e. The van der Waals surface area contributed by atoms with Gasteiger partial charge >= 0.3 is 6.03 Å². The van der Waals surface area contributed by atoms with Crippen LogP contribution in [0.2, 0.25) is 0 Å². The molecule has 0 spiro atoms. The third-order valence-corrected chi connectivity index (χ3v) is 8.79. The summed E-state index contributed by atoms with van der Waals surface area (Å²) in [6, 6.07) is -0.488. The first-order chi connectivity index (χ1) is 16.4. The van der Waals surface area contributed by atoms with Crippen LogP contribution in [0.15, 0.2) is 15.5 Å². The summed E-state index contributed by atoms with van der Waals surface area (Å²) in [5, 5.41) is 13.3. The number of rotatable bonds is 4. The second kappa shape index (κ2) is 8.31. The highest BCUT2D eigenvalue weighted by molar-refractivity contribution is 7.91. The number of fused-ring (bicyclic) bond motifs is 2. The van der Waals surface area contributed by atoms with Gasteiger partial charge in [0.05, 0.1) is 24.5 Å². The monoisotopic (exact) mass is 485 g/mol. The zero-order valence-electron chi connectivity index (χ0n) is 19.5. The summed E-state index contributed by atoms with van der Waals surface area (Å²) in [5.74, 6) is 0.814. The molecule has 2 aromatic heterocycles. The van der Waals surface area contributed by atoms with E-state index in [1.807, 2.05) is 6.92 Å². The fourth-order valence-electron chi connectivity index (χ4n) is 5.52. The zero-order valence-corrected chi connectivity index (χ0v) is 20.3. The summed E-state index contributed by atoms with van der Waals surface area (Å²) >= 11 is 0. The lowest BCUT2D eigenvalue weighted by molar-refractivity contribution is 0.0994. The highest BCUT2D eigenvalue weighted by atomic mass is 32.2. The van der Waals surface area contributed by atoms with Crippen molar-refractivity contribution >= 4 is 21.6 Å². The Balaban J connectivity index is 1.26. The highest BCUT2D eigenvalue weighted by Gasteiger charge is 2.33. The van der Waals surface area contributed by atoms with E-state index in [9.17, 15) is 9.00 Å². The van der Waals surface area contributed by atoms with Gasteiger partial charge in [0.2, 0.25) is 5.88 Å². The van der Waals surface area contributed by atoms with E-state index in [1.54, 1.807) is 4.68 Å². The summed E-state index contributed by atoms with van der Waals surface area (Å²) in [6.07, 6.45) is 8.87. The molecular formula is C23H31N7O3S. The first-order valence-corrected chi connectivity index (χ1v) is 13.8. The van der Waals surface area contributed by atoms with E-state index >= 15 is 0 Å². The number of pyridine rings is 1. The molecular weight excluding hydrogens is 454 g/mol. The summed E-state index contributed by atoms with van der Waals surface area (Å²) < 4.78 is 24.9. The van der Waals surface area contributed by atoms with Gasteiger partial charge in [-0.3, -0.25) is 9.88 Å². The summed E-state index contributed by atoms with van der Waals surface area (Å²) in [4.78, 5) is 20.4. The number of nitrogens with one attached hydrogen (secondary N) is 1. The predicted octanol–water partition coefficient (Wildman–Crippen LogP) is 2.74. The minimum absolute atomic E-state index is 0.165. The van der Waals surface area contributed by atoms with Crippen molar-refractivity contribution in [2.75, 3.05) is 25.0 Å². The van der Waals surface area contributed by atoms with E-state index in [-0.39, 0.29) is 10.9 Å². The van der Waals surface area contributed by atoms with Crippen molar-refractivity contribution in [1.29, 1.82) is 0 Å². The highest BCUT2D eigenvalue weighted by Crippen LogP contribution is 2.44. The van der Waals surface area contributed by atoms with Crippen LogP contribution < -0.4 is 15.2 Å². The van der Waals surface area contributed by atoms with Crippen molar-refractivity contribution < 1.29 is 13.7 Å². The van der Waals surface area contributed by atoms with Crippen LogP contribution in [-0.2, 0) is 29.3 Å². The standard InChI is InChI=1S/C23H31N7O3S/c1-14-20(15-7-8-15)26-18-6-4-5-17(18)21(14)27-23(31)28-34(24,32)19-11-25-30-12-16(13-33-22(19)30)29-9-2-3-10-29/h11,15-16H,2-10,12-13H2,1H3,(H3,24,26,27,28,31,32). The van der Waals surface area contributed by atoms with Gasteiger partial charge in [-0.1, -0.05) is 0 Å². The number of likely N-dealkylation sites (tertiary alicyclic amines) is 1. The van der Waals surface area contributed by atoms with Crippen LogP contribution in [-0.4, -0.2) is 55.6 Å². The number of hydrogen-bond donors (Lipinski definition) is 2. The van der Waals surface area contributed by atoms with Gasteiger partial charge in [0, 0.05) is 17.3 Å². The Morgan fingerprint density at radius 2 is 2.06 bits per heavy atom. The maximum absolute atomic E-state index is 13.4. The van der Waals surface area contributed by atoms with E-state index in [0.717, 1.165) is 73.4 Å². The lowest BCUT2D eigenvalue weighted by Crippen LogP contribution is -2.43. The van der Waals surface area contributed by atoms with Crippen molar-refractivity contribution in [3.63, 3.8) is 0 Å². The molecule has 0 aromatic carbocycles. The molecule has 10 nitrogen and oxygen atoms in total. The van der Waals surface area contributed by atoms with E-state index in [4.69, 9.17) is 14.9 Å². The van der Waals surface area contributed by atoms with Gasteiger partial charge in [-0.25, -0.2) is 18.8 Å². The molecule has 3 N–H and O–H groups in total. The first-order valence-electron chi connectivity index (χ1n) is 12.2. The van der Waals surface area contributed by atoms with Gasteiger partial charge in [0.15, 0.2) is 9.92 Å². The second-order valence-electron chi connectivity index (χ2n) is 9.84. The van der Waals surface area contributed by atoms with Gasteiger partial charge in [-0.05, 0) is 76.1 Å². The number of urea groups is 1. The summed E-state index contributed by atoms with van der Waals surface area (Å²) in [7, 11) is -3.53. The minimum atomic E-state index is -3.53. The molecule has 2 aliphatic carbocycles. The molecule has 2 aliphatic heterocycles. The molecule has 2 fully saturated rings. The number of ether oxygens (including phenoxy) is 1. The van der Waals surface area contributed by atoms with Crippen LogP contribution in [0.1, 0.15) is 60.5 Å². The van der Waals surface area contributed by atoms with Gasteiger partial charge in [0.1, 0.15) is 11.5 Å². The average Bonchev–Trinajstić information content (AvgIpc) is 3.21. The van der Waals surface area contributed by atoms with Crippen LogP contribution in [0.25, 0.3) is 0 Å². The van der Waals surface area contributed by atoms with Crippen LogP contribution in [0.4, 0.5) is 10.5 Å². The Labute approximate surface area is 199 Å². The quantitative estimate of drug-likeness (QED) is 0.685. The maximum atomic E-state index is 13.4. The molecule has 4 aliphatic rings. The van der Waals surface area contributed by atoms with Gasteiger partial charge in [-0.2, -0.15) is 5.10 Å². The van der Waals surface area contributed by atoms with Gasteiger partial charge in [-0.15, -0.1) is 4.36 Å². The Morgan fingerprint density at radius 3 is 2.82 bits per heavy atom. The number of carbonyl (C=O) groups excluding carboxylic acids is 1. The SMILES string of the molecule is Cc1c(C2CC2)nc2c(c1NC(=O)N=S(N)(=O)c1cnn3c1OCC(N1CCCC1)C3)CCC2. The van der Waals surface area contributed by atoms with E-state index in [2.05, 4.69) is 19.7 Å². The van der Waals surface area contributed by atoms with Crippen molar-refractivity contribution in [3.8, 4) is 5.88 Å². The number of amides is 2. The van der Waals surface area contributed by atoms with Crippen molar-refractivity contribution in [2.24, 2.45) is 9.50 Å². The zero-order chi connectivity index (χ0) is 23.4. The Morgan fingerprint density at radius 1 is 1.26 bits per heavy atom. The molecule has 11 heteroatoms. The molecule has 0 radical (unpaired) electrons. The molecule has 1 saturated heterocycles. The lowest BCUT2D eigenvalue weighted by atomic mass is 10.0. The van der Waals surface area contributed by atoms with Gasteiger partial charge in [0.25, 0.3) is 0 Å². The van der Waals surface area contributed by atoms with Crippen LogP contribution in [0, 0.1) is 6.92 Å². The summed E-state index contributed by atoms with van der Waals surface area (Å²) in [5.41, 5.74) is 4.93. The lowest BCUT2D eigenvalue weighted by Gasteiger charge is -2.31. The van der Waals surface area contributed by atoms with E-state index in [0.29, 0.717) is 24.9 Å². The smallest absolute Gasteiger partial charge is 0.354 e. The number of anilines is 1. The molecule has 2 aromatic rings. The third-order valence-electron chi connectivity index (χ3n) is 7.45. The number of carbonyl (C=O) groups is 1. The number of aryl methyl sites for hydroxylation is 1. The Kier molecular flexibility index (Phi) is 5.38. The van der Waals surface area contributed by atoms with Crippen molar-refractivity contribution in [2.45, 2.75) is 75.3 Å². The number of nitrogens with two attached hydrogens (primary N) is 1. The molecule has 1 saturated carbocycles. The third kappa shape index (κ3) is 3.89. The summed E-state index contributed by atoms with van der Waals surface area (Å²) in [6.45, 7) is 5.23. The van der Waals surface area contributed by atoms with Crippen molar-refractivity contribution in [3.05, 3.63) is 28.7 Å². The first kappa shape index (κ1) is 22.0. The number of aromatic nitrogens is 3. The molecule has 6 rings (SSSR count). The van der Waals surface area contributed by atoms with Crippen LogP contribution >= 0.6 is 0 Å². The molecule has 0 bridgehead atoms. The Hall–Kier alpha value is -2.50.